The Morgan fingerprint density at radius 1 is 1.06 bits per heavy atom. The predicted octanol–water partition coefficient (Wildman–Crippen LogP) is 1.50. The van der Waals surface area contributed by atoms with Crippen LogP contribution in [0.4, 0.5) is 0 Å². The first-order chi connectivity index (χ1) is 16.1. The lowest BCUT2D eigenvalue weighted by molar-refractivity contribution is 0.279. The summed E-state index contributed by atoms with van der Waals surface area (Å²) in [5, 5.41) is 24.1. The lowest BCUT2D eigenvalue weighted by Gasteiger charge is -2.21. The second-order valence-corrected chi connectivity index (χ2v) is 9.21. The Bertz CT molecular complexity index is 1210. The summed E-state index contributed by atoms with van der Waals surface area (Å²) in [6.45, 7) is 4.31. The van der Waals surface area contributed by atoms with Crippen molar-refractivity contribution in [2.45, 2.75) is 18.7 Å². The van der Waals surface area contributed by atoms with Crippen LogP contribution in [0.2, 0.25) is 0 Å². The van der Waals surface area contributed by atoms with Crippen molar-refractivity contribution in [2.24, 2.45) is 15.4 Å². The van der Waals surface area contributed by atoms with Crippen molar-refractivity contribution in [2.75, 3.05) is 27.9 Å². The summed E-state index contributed by atoms with van der Waals surface area (Å²) in [5.74, 6) is 1.21. The maximum atomic E-state index is 12.9. The molecule has 0 unspecified atom stereocenters. The molecule has 0 aliphatic carbocycles. The van der Waals surface area contributed by atoms with Crippen molar-refractivity contribution in [3.8, 4) is 23.0 Å². The molecule has 0 saturated carbocycles. The van der Waals surface area contributed by atoms with Gasteiger partial charge in [-0.25, -0.2) is 5.01 Å². The topological polar surface area (TPSA) is 139 Å². The van der Waals surface area contributed by atoms with E-state index in [1.54, 1.807) is 18.2 Å². The van der Waals surface area contributed by atoms with Crippen LogP contribution in [-0.4, -0.2) is 70.7 Å². The smallest absolute Gasteiger partial charge is 0.509 e. The van der Waals surface area contributed by atoms with Crippen LogP contribution in [-0.2, 0) is 10.0 Å². The van der Waals surface area contributed by atoms with E-state index < -0.39 is 17.3 Å². The number of hydrogen-bond acceptors (Lipinski definition) is 10. The fourth-order valence-electron chi connectivity index (χ4n) is 3.32. The predicted molar refractivity (Wildman–Crippen MR) is 126 cm³/mol. The molecule has 182 valence electrons. The summed E-state index contributed by atoms with van der Waals surface area (Å²) in [7, 11) is -1.74. The van der Waals surface area contributed by atoms with E-state index in [9.17, 15) is 8.42 Å². The highest BCUT2D eigenvalue weighted by Crippen LogP contribution is 2.39. The molecule has 2 N–H and O–H groups in total. The number of hydrazone groups is 1. The van der Waals surface area contributed by atoms with Crippen LogP contribution in [0.1, 0.15) is 25.0 Å². The number of sulfonamides is 1. The lowest BCUT2D eigenvalue weighted by Crippen LogP contribution is -2.29. The largest absolute Gasteiger partial charge is 0.707 e. The maximum Gasteiger partial charge on any atom is 0.707 e. The third-order valence-electron chi connectivity index (χ3n) is 4.74. The summed E-state index contributed by atoms with van der Waals surface area (Å²) >= 11 is 0. The Labute approximate surface area is 198 Å². The number of fused-ring (bicyclic) bond motifs is 1. The van der Waals surface area contributed by atoms with Gasteiger partial charge in [0.1, 0.15) is 22.1 Å². The minimum atomic E-state index is -4.01. The van der Waals surface area contributed by atoms with Crippen molar-refractivity contribution in [1.82, 2.24) is 5.01 Å². The molecule has 0 aromatic heterocycles. The zero-order valence-electron chi connectivity index (χ0n) is 19.4. The van der Waals surface area contributed by atoms with Crippen molar-refractivity contribution >= 4 is 29.4 Å². The van der Waals surface area contributed by atoms with Gasteiger partial charge in [0.05, 0.1) is 27.5 Å². The van der Waals surface area contributed by atoms with Gasteiger partial charge in [-0.05, 0) is 35.7 Å². The van der Waals surface area contributed by atoms with E-state index in [-0.39, 0.29) is 33.9 Å². The first-order valence-corrected chi connectivity index (χ1v) is 11.7. The molecule has 2 aromatic rings. The van der Waals surface area contributed by atoms with Crippen molar-refractivity contribution in [3.05, 3.63) is 41.5 Å². The number of nitrogens with zero attached hydrogens (tertiary/aromatic N) is 3. The fourth-order valence-corrected chi connectivity index (χ4v) is 4.66. The van der Waals surface area contributed by atoms with Crippen LogP contribution in [0.15, 0.2) is 44.7 Å². The fraction of sp³-hybridized carbons (Fsp3) is 0.333. The van der Waals surface area contributed by atoms with Gasteiger partial charge in [-0.2, -0.15) is 13.5 Å². The number of benzene rings is 2. The number of methoxy groups -OCH3 is 3. The molecule has 0 fully saturated rings. The molecule has 34 heavy (non-hydrogen) atoms. The van der Waals surface area contributed by atoms with Gasteiger partial charge < -0.3 is 28.9 Å². The van der Waals surface area contributed by atoms with Gasteiger partial charge in [-0.1, -0.05) is 13.8 Å². The Hall–Kier alpha value is -3.29. The van der Waals surface area contributed by atoms with E-state index in [0.717, 1.165) is 0 Å². The van der Waals surface area contributed by atoms with Gasteiger partial charge in [-0.3, -0.25) is 0 Å². The van der Waals surface area contributed by atoms with Crippen LogP contribution in [0.25, 0.3) is 0 Å². The molecule has 1 aliphatic heterocycles. The second kappa shape index (κ2) is 10.3. The van der Waals surface area contributed by atoms with E-state index in [0.29, 0.717) is 23.4 Å². The number of ether oxygens (including phenoxy) is 3. The number of hydrogen-bond donors (Lipinski definition) is 2. The minimum Gasteiger partial charge on any atom is -0.509 e. The molecule has 0 amide bonds. The van der Waals surface area contributed by atoms with Crippen molar-refractivity contribution in [3.63, 3.8) is 0 Å². The van der Waals surface area contributed by atoms with Crippen LogP contribution in [0.3, 0.4) is 0 Å². The quantitative estimate of drug-likeness (QED) is 0.303. The second-order valence-electron chi connectivity index (χ2n) is 7.67. The first kappa shape index (κ1) is 25.3. The summed E-state index contributed by atoms with van der Waals surface area (Å²) in [4.78, 5) is -0.0412. The average Bonchev–Trinajstić information content (AvgIpc) is 3.06. The summed E-state index contributed by atoms with van der Waals surface area (Å²) < 4.78 is 50.4. The van der Waals surface area contributed by atoms with Crippen LogP contribution >= 0.6 is 0 Å². The molecule has 1 aliphatic rings. The molecule has 0 saturated heterocycles. The highest BCUT2D eigenvalue weighted by Gasteiger charge is 2.36. The third-order valence-corrected chi connectivity index (χ3v) is 6.09. The monoisotopic (exact) mass is 491 g/mol. The molecule has 3 rings (SSSR count). The highest BCUT2D eigenvalue weighted by molar-refractivity contribution is 7.90. The van der Waals surface area contributed by atoms with Gasteiger partial charge >= 0.3 is 7.32 Å². The standard InChI is InChI=1S/C21H26BN3O8S/c1-13(2)12-25(23-11-14-6-7-17(33-22(26)27)18(8-14)31-4)21-16-9-15(30-3)10-19(32-5)20(16)34(28,29)24-21/h6-11,13,26-27H,12H2,1-5H3/b23-11+. The summed E-state index contributed by atoms with van der Waals surface area (Å²) in [6, 6.07) is 7.78. The van der Waals surface area contributed by atoms with Crippen LogP contribution in [0.5, 0.6) is 23.0 Å². The molecular formula is C21H26BN3O8S. The van der Waals surface area contributed by atoms with E-state index >= 15 is 0 Å². The molecule has 11 nitrogen and oxygen atoms in total. The maximum absolute atomic E-state index is 12.9. The zero-order chi connectivity index (χ0) is 25.0. The van der Waals surface area contributed by atoms with E-state index in [1.807, 2.05) is 13.8 Å². The number of rotatable bonds is 9. The van der Waals surface area contributed by atoms with Gasteiger partial charge in [0.2, 0.25) is 0 Å². The van der Waals surface area contributed by atoms with Gasteiger partial charge in [0, 0.05) is 18.2 Å². The average molecular weight is 491 g/mol. The van der Waals surface area contributed by atoms with E-state index in [4.69, 9.17) is 28.9 Å². The SMILES string of the molecule is COc1cc(OC)c2c(c1)C(N(CC(C)C)/N=C/c1ccc(OB(O)O)c(OC)c1)=NS2(=O)=O. The highest BCUT2D eigenvalue weighted by atomic mass is 32.2. The normalized spacial score (nSPS) is 14.1. The lowest BCUT2D eigenvalue weighted by atomic mass is 10.1. The molecule has 0 bridgehead atoms. The minimum absolute atomic E-state index is 0.0412. The Morgan fingerprint density at radius 3 is 2.35 bits per heavy atom. The zero-order valence-corrected chi connectivity index (χ0v) is 20.2. The third kappa shape index (κ3) is 5.43. The molecular weight excluding hydrogens is 465 g/mol. The van der Waals surface area contributed by atoms with E-state index in [2.05, 4.69) is 9.50 Å². The van der Waals surface area contributed by atoms with Crippen LogP contribution in [0, 0.1) is 5.92 Å². The number of amidine groups is 1. The van der Waals surface area contributed by atoms with Gasteiger partial charge in [-0.15, -0.1) is 4.40 Å². The summed E-state index contributed by atoms with van der Waals surface area (Å²) in [5.41, 5.74) is 0.919. The van der Waals surface area contributed by atoms with Crippen molar-refractivity contribution in [1.29, 1.82) is 0 Å². The van der Waals surface area contributed by atoms with Gasteiger partial charge in [0.25, 0.3) is 10.0 Å². The Morgan fingerprint density at radius 2 is 1.76 bits per heavy atom. The Kier molecular flexibility index (Phi) is 7.69. The first-order valence-electron chi connectivity index (χ1n) is 10.2. The summed E-state index contributed by atoms with van der Waals surface area (Å²) in [6.07, 6.45) is 1.51. The Balaban J connectivity index is 2.04. The molecule has 0 radical (unpaired) electrons. The molecule has 0 spiro atoms. The molecule has 0 atom stereocenters. The molecule has 2 aromatic carbocycles. The molecule has 1 heterocycles. The van der Waals surface area contributed by atoms with E-state index in [1.165, 1.54) is 44.7 Å². The van der Waals surface area contributed by atoms with Crippen LogP contribution < -0.4 is 18.9 Å². The van der Waals surface area contributed by atoms with Gasteiger partial charge in [0.15, 0.2) is 11.6 Å². The van der Waals surface area contributed by atoms with Crippen molar-refractivity contribution < 1.29 is 37.3 Å². The molecule has 13 heteroatoms.